The van der Waals surface area contributed by atoms with Crippen molar-refractivity contribution in [1.82, 2.24) is 9.88 Å². The van der Waals surface area contributed by atoms with E-state index in [1.807, 2.05) is 0 Å². The highest BCUT2D eigenvalue weighted by molar-refractivity contribution is 6.77. The van der Waals surface area contributed by atoms with Crippen LogP contribution in [0.15, 0.2) is 0 Å². The van der Waals surface area contributed by atoms with Crippen LogP contribution < -0.4 is 5.32 Å². The maximum absolute atomic E-state index is 3.51. The van der Waals surface area contributed by atoms with Gasteiger partial charge in [0.15, 0.2) is 0 Å². The zero-order valence-electron chi connectivity index (χ0n) is 11.4. The zero-order chi connectivity index (χ0) is 11.7. The minimum Gasteiger partial charge on any atom is -0.311 e. The third kappa shape index (κ3) is 2.45. The molecule has 0 bridgehead atoms. The van der Waals surface area contributed by atoms with Crippen LogP contribution in [0.5, 0.6) is 0 Å². The standard InChI is InChI=1S/C12H28N2Si/c1-11(2)12(3,4)15(5,6)14-9-7-8-13-10-14/h11,13H,7-10H2,1-6H3. The molecule has 1 rings (SSSR count). The molecule has 90 valence electrons. The zero-order valence-corrected chi connectivity index (χ0v) is 12.4. The van der Waals surface area contributed by atoms with Crippen molar-refractivity contribution in [2.75, 3.05) is 19.8 Å². The van der Waals surface area contributed by atoms with E-state index in [0.717, 1.165) is 12.6 Å². The normalized spacial score (nSPS) is 21.0. The molecule has 0 aromatic rings. The molecule has 3 heteroatoms. The Morgan fingerprint density at radius 3 is 2.27 bits per heavy atom. The van der Waals surface area contributed by atoms with E-state index in [-0.39, 0.29) is 0 Å². The summed E-state index contributed by atoms with van der Waals surface area (Å²) in [6, 6.07) is 0. The Morgan fingerprint density at radius 1 is 1.27 bits per heavy atom. The molecule has 0 radical (unpaired) electrons. The average Bonchev–Trinajstić information content (AvgIpc) is 2.18. The second kappa shape index (κ2) is 4.56. The number of hydrogen-bond donors (Lipinski definition) is 1. The summed E-state index contributed by atoms with van der Waals surface area (Å²) in [6.07, 6.45) is 1.31. The first-order valence-corrected chi connectivity index (χ1v) is 9.20. The van der Waals surface area contributed by atoms with Gasteiger partial charge in [0.2, 0.25) is 0 Å². The molecule has 0 saturated carbocycles. The second-order valence-corrected chi connectivity index (χ2v) is 11.2. The molecule has 0 aliphatic carbocycles. The molecule has 0 aromatic carbocycles. The highest BCUT2D eigenvalue weighted by atomic mass is 28.3. The van der Waals surface area contributed by atoms with E-state index < -0.39 is 8.24 Å². The minimum atomic E-state index is -1.32. The Labute approximate surface area is 96.5 Å². The summed E-state index contributed by atoms with van der Waals surface area (Å²) in [6.45, 7) is 18.3. The van der Waals surface area contributed by atoms with Gasteiger partial charge in [-0.1, -0.05) is 40.8 Å². The lowest BCUT2D eigenvalue weighted by atomic mass is 9.99. The summed E-state index contributed by atoms with van der Waals surface area (Å²) < 4.78 is 2.73. The summed E-state index contributed by atoms with van der Waals surface area (Å²) in [5.41, 5.74) is 0. The van der Waals surface area contributed by atoms with Crippen LogP contribution in [0.1, 0.15) is 34.1 Å². The molecule has 1 saturated heterocycles. The lowest BCUT2D eigenvalue weighted by Crippen LogP contribution is -2.61. The van der Waals surface area contributed by atoms with Crippen LogP contribution in [-0.2, 0) is 0 Å². The van der Waals surface area contributed by atoms with E-state index in [4.69, 9.17) is 0 Å². The van der Waals surface area contributed by atoms with E-state index in [1.165, 1.54) is 19.5 Å². The molecule has 0 atom stereocenters. The number of nitrogens with zero attached hydrogens (tertiary/aromatic N) is 1. The van der Waals surface area contributed by atoms with Crippen LogP contribution in [-0.4, -0.2) is 32.6 Å². The van der Waals surface area contributed by atoms with Crippen LogP contribution >= 0.6 is 0 Å². The van der Waals surface area contributed by atoms with Gasteiger partial charge in [-0.2, -0.15) is 0 Å². The SMILES string of the molecule is CC(C)C(C)(C)[Si](C)(C)N1CCCNC1. The molecule has 1 aliphatic heterocycles. The highest BCUT2D eigenvalue weighted by Crippen LogP contribution is 2.45. The molecule has 1 aliphatic rings. The predicted molar refractivity (Wildman–Crippen MR) is 70.6 cm³/mol. The van der Waals surface area contributed by atoms with Crippen molar-refractivity contribution in [2.24, 2.45) is 5.92 Å². The first kappa shape index (κ1) is 13.2. The van der Waals surface area contributed by atoms with Crippen LogP contribution in [0.2, 0.25) is 18.1 Å². The Morgan fingerprint density at radius 2 is 1.87 bits per heavy atom. The third-order valence-corrected chi connectivity index (χ3v) is 10.6. The summed E-state index contributed by atoms with van der Waals surface area (Å²) in [5, 5.41) is 3.99. The van der Waals surface area contributed by atoms with Gasteiger partial charge in [0.05, 0.1) is 0 Å². The molecular weight excluding hydrogens is 200 g/mol. The van der Waals surface area contributed by atoms with Crippen LogP contribution in [0.3, 0.4) is 0 Å². The van der Waals surface area contributed by atoms with E-state index in [0.29, 0.717) is 5.04 Å². The topological polar surface area (TPSA) is 15.3 Å². The van der Waals surface area contributed by atoms with Crippen molar-refractivity contribution in [3.63, 3.8) is 0 Å². The highest BCUT2D eigenvalue weighted by Gasteiger charge is 2.45. The maximum atomic E-state index is 3.51. The van der Waals surface area contributed by atoms with Crippen LogP contribution in [0, 0.1) is 5.92 Å². The smallest absolute Gasteiger partial charge is 0.129 e. The maximum Gasteiger partial charge on any atom is 0.129 e. The summed E-state index contributed by atoms with van der Waals surface area (Å²) in [4.78, 5) is 0. The monoisotopic (exact) mass is 228 g/mol. The number of rotatable bonds is 3. The molecule has 1 fully saturated rings. The van der Waals surface area contributed by atoms with Crippen molar-refractivity contribution >= 4 is 8.24 Å². The number of hydrogen-bond acceptors (Lipinski definition) is 2. The quantitative estimate of drug-likeness (QED) is 0.747. The van der Waals surface area contributed by atoms with Crippen molar-refractivity contribution in [3.8, 4) is 0 Å². The summed E-state index contributed by atoms with van der Waals surface area (Å²) in [5.74, 6) is 0.765. The molecular formula is C12H28N2Si. The molecule has 1 N–H and O–H groups in total. The van der Waals surface area contributed by atoms with Crippen molar-refractivity contribution in [2.45, 2.75) is 52.2 Å². The Balaban J connectivity index is 2.79. The van der Waals surface area contributed by atoms with Gasteiger partial charge in [0.1, 0.15) is 8.24 Å². The molecule has 15 heavy (non-hydrogen) atoms. The third-order valence-electron chi connectivity index (χ3n) is 4.90. The largest absolute Gasteiger partial charge is 0.311 e. The van der Waals surface area contributed by atoms with Crippen LogP contribution in [0.4, 0.5) is 0 Å². The number of nitrogens with one attached hydrogen (secondary N) is 1. The molecule has 0 unspecified atom stereocenters. The van der Waals surface area contributed by atoms with Gasteiger partial charge in [-0.05, 0) is 30.5 Å². The van der Waals surface area contributed by atoms with Gasteiger partial charge in [-0.3, -0.25) is 0 Å². The summed E-state index contributed by atoms with van der Waals surface area (Å²) >= 11 is 0. The van der Waals surface area contributed by atoms with Gasteiger partial charge < -0.3 is 9.88 Å². The van der Waals surface area contributed by atoms with E-state index in [2.05, 4.69) is 50.7 Å². The van der Waals surface area contributed by atoms with E-state index in [1.54, 1.807) is 0 Å². The fraction of sp³-hybridized carbons (Fsp3) is 1.00. The molecule has 0 amide bonds. The van der Waals surface area contributed by atoms with Gasteiger partial charge in [-0.25, -0.2) is 0 Å². The fourth-order valence-electron chi connectivity index (χ4n) is 2.28. The van der Waals surface area contributed by atoms with E-state index >= 15 is 0 Å². The van der Waals surface area contributed by atoms with Gasteiger partial charge >= 0.3 is 0 Å². The van der Waals surface area contributed by atoms with Gasteiger partial charge in [0, 0.05) is 6.67 Å². The Bertz CT molecular complexity index is 206. The van der Waals surface area contributed by atoms with Crippen molar-refractivity contribution in [1.29, 1.82) is 0 Å². The Kier molecular flexibility index (Phi) is 4.01. The lowest BCUT2D eigenvalue weighted by Gasteiger charge is -2.51. The first-order valence-electron chi connectivity index (χ1n) is 6.26. The molecule has 0 aromatic heterocycles. The average molecular weight is 228 g/mol. The first-order chi connectivity index (χ1) is 6.80. The second-order valence-electron chi connectivity index (χ2n) is 6.21. The van der Waals surface area contributed by atoms with Gasteiger partial charge in [-0.15, -0.1) is 0 Å². The molecule has 2 nitrogen and oxygen atoms in total. The lowest BCUT2D eigenvalue weighted by molar-refractivity contribution is 0.297. The van der Waals surface area contributed by atoms with Crippen molar-refractivity contribution in [3.05, 3.63) is 0 Å². The van der Waals surface area contributed by atoms with Crippen LogP contribution in [0.25, 0.3) is 0 Å². The van der Waals surface area contributed by atoms with Gasteiger partial charge in [0.25, 0.3) is 0 Å². The molecule has 0 spiro atoms. The Hall–Kier alpha value is 0.137. The fourth-order valence-corrected chi connectivity index (χ4v) is 5.73. The van der Waals surface area contributed by atoms with E-state index in [9.17, 15) is 0 Å². The van der Waals surface area contributed by atoms with Crippen molar-refractivity contribution < 1.29 is 0 Å². The summed E-state index contributed by atoms with van der Waals surface area (Å²) in [7, 11) is -1.32. The predicted octanol–water partition coefficient (Wildman–Crippen LogP) is 2.88. The minimum absolute atomic E-state index is 0.478. The molecule has 1 heterocycles.